The fourth-order valence-corrected chi connectivity index (χ4v) is 2.00. The highest BCUT2D eigenvalue weighted by Crippen LogP contribution is 2.16. The number of pyridine rings is 1. The molecule has 2 rings (SSSR count). The van der Waals surface area contributed by atoms with Crippen molar-refractivity contribution in [2.24, 2.45) is 0 Å². The number of rotatable bonds is 4. The second-order valence-corrected chi connectivity index (χ2v) is 4.46. The van der Waals surface area contributed by atoms with Crippen LogP contribution in [0.15, 0.2) is 47.5 Å². The summed E-state index contributed by atoms with van der Waals surface area (Å²) in [5.41, 5.74) is 0.708. The highest BCUT2D eigenvalue weighted by atomic mass is 32.1. The molecule has 90 valence electrons. The topological polar surface area (TPSA) is 59.1 Å². The first kappa shape index (κ1) is 12.2. The van der Waals surface area contributed by atoms with E-state index in [2.05, 4.69) is 10.3 Å². The molecule has 2 aromatic rings. The number of anilines is 1. The van der Waals surface area contributed by atoms with Gasteiger partial charge in [-0.05, 0) is 29.6 Å². The molecule has 2 aromatic heterocycles. The van der Waals surface area contributed by atoms with Crippen LogP contribution in [0.5, 0.6) is 0 Å². The largest absolute Gasteiger partial charge is 0.313 e. The third kappa shape index (κ3) is 3.13. The Bertz CT molecular complexity index is 572. The Kier molecular flexibility index (Phi) is 4.02. The van der Waals surface area contributed by atoms with E-state index in [1.807, 2.05) is 17.5 Å². The molecule has 0 spiro atoms. The molecule has 0 aromatic carbocycles. The minimum absolute atomic E-state index is 0.0436. The Morgan fingerprint density at radius 3 is 2.83 bits per heavy atom. The Hall–Kier alpha value is -2.23. The van der Waals surface area contributed by atoms with E-state index in [-0.39, 0.29) is 12.0 Å². The first-order valence-electron chi connectivity index (χ1n) is 5.28. The Balaban J connectivity index is 2.06. The number of nitrogens with zero attached hydrogens (tertiary/aromatic N) is 1. The molecule has 0 bridgehead atoms. The molecule has 1 amide bonds. The molecule has 0 aliphatic heterocycles. The average Bonchev–Trinajstić information content (AvgIpc) is 2.90. The van der Waals surface area contributed by atoms with E-state index in [0.717, 1.165) is 0 Å². The minimum atomic E-state index is -0.432. The maximum absolute atomic E-state index is 11.8. The van der Waals surface area contributed by atoms with Gasteiger partial charge in [0.05, 0.1) is 5.00 Å². The van der Waals surface area contributed by atoms with Crippen molar-refractivity contribution >= 4 is 28.2 Å². The van der Waals surface area contributed by atoms with Crippen LogP contribution in [0.3, 0.4) is 0 Å². The minimum Gasteiger partial charge on any atom is -0.313 e. The molecule has 4 nitrogen and oxygen atoms in total. The number of hydrogen-bond donors (Lipinski definition) is 1. The van der Waals surface area contributed by atoms with Gasteiger partial charge in [-0.25, -0.2) is 4.79 Å². The van der Waals surface area contributed by atoms with Gasteiger partial charge in [0.1, 0.15) is 11.5 Å². The van der Waals surface area contributed by atoms with Crippen LogP contribution < -0.4 is 5.32 Å². The molecule has 0 fully saturated rings. The van der Waals surface area contributed by atoms with Crippen LogP contribution in [0.25, 0.3) is 0 Å². The zero-order chi connectivity index (χ0) is 12.8. The summed E-state index contributed by atoms with van der Waals surface area (Å²) in [6, 6.07) is 8.94. The molecule has 18 heavy (non-hydrogen) atoms. The summed E-state index contributed by atoms with van der Waals surface area (Å²) in [4.78, 5) is 26.7. The Labute approximate surface area is 108 Å². The molecule has 1 N–H and O–H groups in total. The lowest BCUT2D eigenvalue weighted by Crippen LogP contribution is -2.16. The van der Waals surface area contributed by atoms with E-state index in [4.69, 9.17) is 0 Å². The van der Waals surface area contributed by atoms with Crippen molar-refractivity contribution in [3.8, 4) is 0 Å². The van der Waals surface area contributed by atoms with E-state index >= 15 is 0 Å². The third-order valence-electron chi connectivity index (χ3n) is 2.24. The van der Waals surface area contributed by atoms with Gasteiger partial charge in [-0.1, -0.05) is 6.07 Å². The molecule has 0 aliphatic rings. The Morgan fingerprint density at radius 2 is 2.22 bits per heavy atom. The van der Waals surface area contributed by atoms with Crippen LogP contribution in [0, 0.1) is 0 Å². The van der Waals surface area contributed by atoms with Gasteiger partial charge in [0, 0.05) is 18.3 Å². The molecular weight excluding hydrogens is 248 g/mol. The molecule has 0 saturated heterocycles. The van der Waals surface area contributed by atoms with Gasteiger partial charge < -0.3 is 5.32 Å². The smallest absolute Gasteiger partial charge is 0.263 e. The summed E-state index contributed by atoms with van der Waals surface area (Å²) < 4.78 is 0. The zero-order valence-corrected chi connectivity index (χ0v) is 10.2. The van der Waals surface area contributed by atoms with E-state index in [1.54, 1.807) is 30.3 Å². The molecule has 0 atom stereocenters. The normalized spacial score (nSPS) is 9.56. The quantitative estimate of drug-likeness (QED) is 0.674. The lowest BCUT2D eigenvalue weighted by Gasteiger charge is -2.03. The molecule has 0 aliphatic carbocycles. The van der Waals surface area contributed by atoms with Crippen molar-refractivity contribution in [3.63, 3.8) is 0 Å². The molecule has 2 heterocycles. The van der Waals surface area contributed by atoms with Crippen LogP contribution in [0.4, 0.5) is 5.00 Å². The van der Waals surface area contributed by atoms with Crippen molar-refractivity contribution in [1.29, 1.82) is 0 Å². The Morgan fingerprint density at radius 1 is 1.33 bits per heavy atom. The number of thiophene rings is 1. The lowest BCUT2D eigenvalue weighted by atomic mass is 10.1. The van der Waals surface area contributed by atoms with Crippen molar-refractivity contribution in [2.45, 2.75) is 6.42 Å². The van der Waals surface area contributed by atoms with Crippen molar-refractivity contribution in [2.75, 3.05) is 5.32 Å². The second kappa shape index (κ2) is 5.91. The molecule has 0 unspecified atom stereocenters. The van der Waals surface area contributed by atoms with Gasteiger partial charge in [0.15, 0.2) is 0 Å². The average molecular weight is 258 g/mol. The summed E-state index contributed by atoms with van der Waals surface area (Å²) in [7, 11) is 0. The highest BCUT2D eigenvalue weighted by Gasteiger charge is 2.12. The van der Waals surface area contributed by atoms with Crippen molar-refractivity contribution < 1.29 is 9.59 Å². The summed E-state index contributed by atoms with van der Waals surface area (Å²) in [6.07, 6.45) is 1.80. The molecule has 5 heteroatoms. The first-order chi connectivity index (χ1) is 8.79. The van der Waals surface area contributed by atoms with Gasteiger partial charge >= 0.3 is 0 Å². The summed E-state index contributed by atoms with van der Waals surface area (Å²) in [6.45, 7) is 0. The zero-order valence-electron chi connectivity index (χ0n) is 9.42. The number of carbonyl (C=O) groups excluding carboxylic acids is 2. The van der Waals surface area contributed by atoms with Crippen LogP contribution in [0.2, 0.25) is 0 Å². The number of aromatic nitrogens is 1. The number of nitrogens with one attached hydrogen (secondary N) is 1. The maximum atomic E-state index is 11.8. The summed E-state index contributed by atoms with van der Waals surface area (Å²) in [5, 5.41) is 5.19. The monoisotopic (exact) mass is 258 g/mol. The van der Waals surface area contributed by atoms with Crippen LogP contribution in [0.1, 0.15) is 5.69 Å². The van der Waals surface area contributed by atoms with E-state index in [0.29, 0.717) is 10.7 Å². The van der Waals surface area contributed by atoms with E-state index < -0.39 is 5.91 Å². The first-order valence-corrected chi connectivity index (χ1v) is 6.16. The van der Waals surface area contributed by atoms with E-state index in [9.17, 15) is 9.59 Å². The number of hydrogen-bond acceptors (Lipinski definition) is 4. The number of amides is 1. The van der Waals surface area contributed by atoms with Gasteiger partial charge in [-0.15, -0.1) is 11.3 Å². The standard InChI is InChI=1S/C13H10N2O2S/c16-9-10(8-11-4-1-2-6-14-11)13(17)15-12-5-3-7-18-12/h1-7H,8H2,(H,15,17). The summed E-state index contributed by atoms with van der Waals surface area (Å²) >= 11 is 1.39. The maximum Gasteiger partial charge on any atom is 0.263 e. The number of carbonyl (C=O) groups is 1. The molecular formula is C13H10N2O2S. The van der Waals surface area contributed by atoms with Gasteiger partial charge in [-0.3, -0.25) is 9.78 Å². The fourth-order valence-electron chi connectivity index (χ4n) is 1.38. The van der Waals surface area contributed by atoms with Crippen molar-refractivity contribution in [1.82, 2.24) is 4.98 Å². The second-order valence-electron chi connectivity index (χ2n) is 3.51. The van der Waals surface area contributed by atoms with Gasteiger partial charge in [0.25, 0.3) is 5.91 Å². The van der Waals surface area contributed by atoms with Crippen molar-refractivity contribution in [3.05, 3.63) is 53.2 Å². The summed E-state index contributed by atoms with van der Waals surface area (Å²) in [5.74, 6) is 1.25. The van der Waals surface area contributed by atoms with Crippen LogP contribution in [-0.4, -0.2) is 16.8 Å². The van der Waals surface area contributed by atoms with Gasteiger partial charge in [-0.2, -0.15) is 0 Å². The lowest BCUT2D eigenvalue weighted by molar-refractivity contribution is -0.112. The fraction of sp³-hybridized carbons (Fsp3) is 0.0769. The highest BCUT2D eigenvalue weighted by molar-refractivity contribution is 7.14. The van der Waals surface area contributed by atoms with Gasteiger partial charge in [0.2, 0.25) is 0 Å². The predicted molar refractivity (Wildman–Crippen MR) is 70.1 cm³/mol. The van der Waals surface area contributed by atoms with Crippen LogP contribution in [-0.2, 0) is 16.0 Å². The third-order valence-corrected chi connectivity index (χ3v) is 3.02. The molecule has 0 saturated carbocycles. The predicted octanol–water partition coefficient (Wildman–Crippen LogP) is 2.08. The van der Waals surface area contributed by atoms with Crippen LogP contribution >= 0.6 is 11.3 Å². The van der Waals surface area contributed by atoms with E-state index in [1.165, 1.54) is 11.3 Å². The SMILES string of the molecule is O=C=C(Cc1ccccn1)C(=O)Nc1cccs1. The molecule has 0 radical (unpaired) electrons.